The minimum atomic E-state index is -0.402. The van der Waals surface area contributed by atoms with Crippen molar-refractivity contribution < 1.29 is 14.1 Å². The second kappa shape index (κ2) is 9.78. The molecule has 4 aromatic rings. The molecule has 2 aliphatic rings. The topological polar surface area (TPSA) is 158 Å². The normalized spacial score (nSPS) is 18.6. The Morgan fingerprint density at radius 3 is 2.53 bits per heavy atom. The van der Waals surface area contributed by atoms with E-state index in [0.717, 1.165) is 36.0 Å². The van der Waals surface area contributed by atoms with E-state index >= 15 is 0 Å². The van der Waals surface area contributed by atoms with Crippen molar-refractivity contribution in [3.8, 4) is 22.7 Å². The van der Waals surface area contributed by atoms with Crippen LogP contribution in [0.5, 0.6) is 0 Å². The SMILES string of the molecule is COC(=O)[C@@H]1CN(c2cnc(-c3nc(C4(c5ccc(-c6cnc(N)nc6)cc5)CCC4)no3)cn2)CCN1. The molecule has 12 nitrogen and oxygen atoms in total. The zero-order valence-electron chi connectivity index (χ0n) is 20.9. The number of hydrogen-bond acceptors (Lipinski definition) is 12. The monoisotopic (exact) mass is 513 g/mol. The van der Waals surface area contributed by atoms with Gasteiger partial charge >= 0.3 is 5.97 Å². The molecule has 1 aromatic carbocycles. The van der Waals surface area contributed by atoms with E-state index in [1.807, 2.05) is 4.90 Å². The lowest BCUT2D eigenvalue weighted by Gasteiger charge is -2.39. The quantitative estimate of drug-likeness (QED) is 0.362. The minimum Gasteiger partial charge on any atom is -0.468 e. The predicted molar refractivity (Wildman–Crippen MR) is 138 cm³/mol. The summed E-state index contributed by atoms with van der Waals surface area (Å²) >= 11 is 0. The Hall–Kier alpha value is -4.45. The Morgan fingerprint density at radius 1 is 1.08 bits per heavy atom. The Balaban J connectivity index is 1.20. The van der Waals surface area contributed by atoms with E-state index in [2.05, 4.69) is 54.7 Å². The summed E-state index contributed by atoms with van der Waals surface area (Å²) in [5, 5.41) is 7.50. The second-order valence-corrected chi connectivity index (χ2v) is 9.50. The van der Waals surface area contributed by atoms with E-state index < -0.39 is 6.04 Å². The number of aromatic nitrogens is 6. The zero-order chi connectivity index (χ0) is 26.1. The number of carbonyl (C=O) groups is 1. The molecule has 194 valence electrons. The van der Waals surface area contributed by atoms with E-state index in [0.29, 0.717) is 42.9 Å². The second-order valence-electron chi connectivity index (χ2n) is 9.50. The average Bonchev–Trinajstić information content (AvgIpc) is 3.43. The van der Waals surface area contributed by atoms with Crippen molar-refractivity contribution in [2.24, 2.45) is 0 Å². The number of methoxy groups -OCH3 is 1. The van der Waals surface area contributed by atoms with E-state index in [1.54, 1.807) is 24.8 Å². The van der Waals surface area contributed by atoms with Gasteiger partial charge in [-0.2, -0.15) is 4.98 Å². The molecule has 1 aliphatic heterocycles. The van der Waals surface area contributed by atoms with Crippen LogP contribution in [-0.4, -0.2) is 68.8 Å². The molecule has 2 fully saturated rings. The number of anilines is 2. The van der Waals surface area contributed by atoms with Crippen LogP contribution in [-0.2, 0) is 14.9 Å². The molecule has 3 aromatic heterocycles. The fourth-order valence-electron chi connectivity index (χ4n) is 5.02. The van der Waals surface area contributed by atoms with Crippen LogP contribution < -0.4 is 16.0 Å². The van der Waals surface area contributed by atoms with Gasteiger partial charge in [0.25, 0.3) is 5.89 Å². The number of nitrogens with two attached hydrogens (primary N) is 1. The highest BCUT2D eigenvalue weighted by atomic mass is 16.5. The lowest BCUT2D eigenvalue weighted by atomic mass is 9.64. The van der Waals surface area contributed by atoms with Gasteiger partial charge in [0, 0.05) is 37.6 Å². The largest absolute Gasteiger partial charge is 0.468 e. The third-order valence-corrected chi connectivity index (χ3v) is 7.35. The van der Waals surface area contributed by atoms with Gasteiger partial charge in [-0.25, -0.2) is 19.9 Å². The highest BCUT2D eigenvalue weighted by Crippen LogP contribution is 2.48. The van der Waals surface area contributed by atoms with Crippen molar-refractivity contribution in [2.45, 2.75) is 30.7 Å². The van der Waals surface area contributed by atoms with Gasteiger partial charge in [-0.05, 0) is 24.0 Å². The first-order chi connectivity index (χ1) is 18.6. The molecule has 4 heterocycles. The first-order valence-corrected chi connectivity index (χ1v) is 12.5. The van der Waals surface area contributed by atoms with Gasteiger partial charge in [0.15, 0.2) is 5.82 Å². The van der Waals surface area contributed by atoms with Gasteiger partial charge in [-0.3, -0.25) is 4.79 Å². The summed E-state index contributed by atoms with van der Waals surface area (Å²) in [5.41, 5.74) is 8.86. The molecule has 12 heteroatoms. The minimum absolute atomic E-state index is 0.252. The Morgan fingerprint density at radius 2 is 1.87 bits per heavy atom. The molecule has 1 saturated heterocycles. The summed E-state index contributed by atoms with van der Waals surface area (Å²) in [6.45, 7) is 1.81. The van der Waals surface area contributed by atoms with Crippen LogP contribution in [0.25, 0.3) is 22.7 Å². The number of nitrogen functional groups attached to an aromatic ring is 1. The molecule has 0 bridgehead atoms. The number of piperazine rings is 1. The van der Waals surface area contributed by atoms with Gasteiger partial charge < -0.3 is 25.2 Å². The summed E-state index contributed by atoms with van der Waals surface area (Å²) in [6, 6.07) is 7.91. The number of ether oxygens (including phenoxy) is 1. The number of nitrogens with one attached hydrogen (secondary N) is 1. The number of hydrogen-bond donors (Lipinski definition) is 2. The van der Waals surface area contributed by atoms with Crippen LogP contribution in [0.3, 0.4) is 0 Å². The predicted octanol–water partition coefficient (Wildman–Crippen LogP) is 1.99. The van der Waals surface area contributed by atoms with Crippen LogP contribution >= 0.6 is 0 Å². The van der Waals surface area contributed by atoms with Crippen molar-refractivity contribution in [3.05, 3.63) is 60.4 Å². The van der Waals surface area contributed by atoms with Gasteiger partial charge in [-0.1, -0.05) is 35.8 Å². The standard InChI is InChI=1S/C26H27N9O3/c1-37-23(36)20-15-35(10-9-28-20)21-14-29-19(13-30-21)22-33-24(34-38-22)26(7-2-8-26)18-5-3-16(4-6-18)17-11-31-25(27)32-12-17/h3-6,11-14,20,28H,2,7-10,15H2,1H3,(H2,27,31,32)/t20-/m0/s1. The first kappa shape index (κ1) is 23.9. The lowest BCUT2D eigenvalue weighted by molar-refractivity contribution is -0.143. The molecule has 1 saturated carbocycles. The van der Waals surface area contributed by atoms with Gasteiger partial charge in [0.05, 0.1) is 24.9 Å². The van der Waals surface area contributed by atoms with E-state index in [9.17, 15) is 4.79 Å². The fourth-order valence-corrected chi connectivity index (χ4v) is 5.02. The van der Waals surface area contributed by atoms with E-state index in [4.69, 9.17) is 20.0 Å². The fraction of sp³-hybridized carbons (Fsp3) is 0.346. The summed E-state index contributed by atoms with van der Waals surface area (Å²) in [4.78, 5) is 35.9. The molecule has 38 heavy (non-hydrogen) atoms. The number of esters is 1. The maximum Gasteiger partial charge on any atom is 0.324 e. The summed E-state index contributed by atoms with van der Waals surface area (Å²) in [5.74, 6) is 1.61. The molecule has 1 aliphatic carbocycles. The summed E-state index contributed by atoms with van der Waals surface area (Å²) in [7, 11) is 1.38. The van der Waals surface area contributed by atoms with Gasteiger partial charge in [0.1, 0.15) is 17.6 Å². The van der Waals surface area contributed by atoms with Crippen molar-refractivity contribution in [3.63, 3.8) is 0 Å². The van der Waals surface area contributed by atoms with Gasteiger partial charge in [-0.15, -0.1) is 0 Å². The highest BCUT2D eigenvalue weighted by Gasteiger charge is 2.44. The Labute approximate surface area is 218 Å². The van der Waals surface area contributed by atoms with Crippen LogP contribution in [0.2, 0.25) is 0 Å². The molecule has 3 N–H and O–H groups in total. The highest BCUT2D eigenvalue weighted by molar-refractivity contribution is 5.76. The smallest absolute Gasteiger partial charge is 0.324 e. The number of nitrogens with zero attached hydrogens (tertiary/aromatic N) is 7. The number of rotatable bonds is 6. The van der Waals surface area contributed by atoms with E-state index in [1.165, 1.54) is 7.11 Å². The molecule has 0 unspecified atom stereocenters. The zero-order valence-corrected chi connectivity index (χ0v) is 20.9. The molecular formula is C26H27N9O3. The Bertz CT molecular complexity index is 1420. The van der Waals surface area contributed by atoms with Crippen molar-refractivity contribution in [2.75, 3.05) is 37.4 Å². The third-order valence-electron chi connectivity index (χ3n) is 7.35. The lowest BCUT2D eigenvalue weighted by Crippen LogP contribution is -2.54. The van der Waals surface area contributed by atoms with Crippen LogP contribution in [0.1, 0.15) is 30.7 Å². The van der Waals surface area contributed by atoms with Crippen molar-refractivity contribution in [1.29, 1.82) is 0 Å². The molecule has 1 atom stereocenters. The molecular weight excluding hydrogens is 486 g/mol. The van der Waals surface area contributed by atoms with Crippen molar-refractivity contribution >= 4 is 17.7 Å². The van der Waals surface area contributed by atoms with Crippen LogP contribution in [0, 0.1) is 0 Å². The Kier molecular flexibility index (Phi) is 6.16. The maximum absolute atomic E-state index is 11.9. The average molecular weight is 514 g/mol. The van der Waals surface area contributed by atoms with Crippen LogP contribution in [0.15, 0.2) is 53.6 Å². The summed E-state index contributed by atoms with van der Waals surface area (Å²) in [6.07, 6.45) is 9.68. The third kappa shape index (κ3) is 4.32. The molecule has 6 rings (SSSR count). The number of benzene rings is 1. The molecule has 0 radical (unpaired) electrons. The van der Waals surface area contributed by atoms with E-state index in [-0.39, 0.29) is 17.3 Å². The molecule has 0 spiro atoms. The van der Waals surface area contributed by atoms with Crippen molar-refractivity contribution in [1.82, 2.24) is 35.4 Å². The van der Waals surface area contributed by atoms with Crippen LogP contribution in [0.4, 0.5) is 11.8 Å². The van der Waals surface area contributed by atoms with Gasteiger partial charge in [0.2, 0.25) is 5.95 Å². The summed E-state index contributed by atoms with van der Waals surface area (Å²) < 4.78 is 10.5. The maximum atomic E-state index is 11.9. The first-order valence-electron chi connectivity index (χ1n) is 12.5. The molecule has 0 amide bonds. The number of carbonyl (C=O) groups excluding carboxylic acids is 1.